The van der Waals surface area contributed by atoms with Gasteiger partial charge in [-0.05, 0) is 35.9 Å². The first-order valence-electron chi connectivity index (χ1n) is 6.50. The molecule has 2 rings (SSSR count). The minimum Gasteiger partial charge on any atom is -0.456 e. The molecule has 106 valence electrons. The largest absolute Gasteiger partial charge is 0.456 e. The minimum absolute atomic E-state index is 0.457. The zero-order chi connectivity index (χ0) is 14.5. The van der Waals surface area contributed by atoms with Crippen LogP contribution < -0.4 is 10.1 Å². The van der Waals surface area contributed by atoms with Crippen LogP contribution in [0.15, 0.2) is 46.9 Å². The maximum absolute atomic E-state index is 6.13. The van der Waals surface area contributed by atoms with Crippen LogP contribution in [0.1, 0.15) is 19.4 Å². The summed E-state index contributed by atoms with van der Waals surface area (Å²) in [6.07, 6.45) is 0. The van der Waals surface area contributed by atoms with Crippen molar-refractivity contribution in [1.82, 2.24) is 5.32 Å². The predicted octanol–water partition coefficient (Wildman–Crippen LogP) is 5.39. The average molecular weight is 355 g/mol. The summed E-state index contributed by atoms with van der Waals surface area (Å²) < 4.78 is 6.79. The smallest absolute Gasteiger partial charge is 0.147 e. The number of hydrogen-bond acceptors (Lipinski definition) is 2. The summed E-state index contributed by atoms with van der Waals surface area (Å²) in [4.78, 5) is 0. The molecule has 0 fully saturated rings. The third kappa shape index (κ3) is 4.51. The lowest BCUT2D eigenvalue weighted by Gasteiger charge is -2.11. The van der Waals surface area contributed by atoms with E-state index in [1.165, 1.54) is 5.56 Å². The molecule has 2 aromatic rings. The van der Waals surface area contributed by atoms with Crippen LogP contribution in [0.25, 0.3) is 0 Å². The molecule has 0 bridgehead atoms. The van der Waals surface area contributed by atoms with Crippen LogP contribution >= 0.6 is 27.5 Å². The van der Waals surface area contributed by atoms with E-state index in [9.17, 15) is 0 Å². The zero-order valence-corrected chi connectivity index (χ0v) is 13.8. The monoisotopic (exact) mass is 353 g/mol. The van der Waals surface area contributed by atoms with Gasteiger partial charge in [-0.15, -0.1) is 0 Å². The van der Waals surface area contributed by atoms with Crippen molar-refractivity contribution in [3.05, 3.63) is 57.5 Å². The molecular weight excluding hydrogens is 338 g/mol. The molecule has 20 heavy (non-hydrogen) atoms. The Balaban J connectivity index is 2.13. The lowest BCUT2D eigenvalue weighted by Crippen LogP contribution is -2.21. The number of rotatable bonds is 5. The maximum Gasteiger partial charge on any atom is 0.147 e. The molecule has 2 aromatic carbocycles. The Labute approximate surface area is 133 Å². The third-order valence-electron chi connectivity index (χ3n) is 2.73. The molecule has 0 saturated carbocycles. The van der Waals surface area contributed by atoms with Gasteiger partial charge in [-0.3, -0.25) is 0 Å². The number of halogens is 2. The van der Waals surface area contributed by atoms with Crippen LogP contribution in [0.3, 0.4) is 0 Å². The second-order valence-electron chi connectivity index (χ2n) is 4.86. The molecule has 0 aliphatic rings. The molecule has 1 N–H and O–H groups in total. The van der Waals surface area contributed by atoms with E-state index < -0.39 is 0 Å². The molecule has 0 spiro atoms. The van der Waals surface area contributed by atoms with E-state index in [0.29, 0.717) is 16.8 Å². The Hall–Kier alpha value is -1.03. The standard InChI is InChI=1S/C16H17BrClNO/c1-11(2)19-10-12-4-3-5-14(8-12)20-16-9-13(17)6-7-15(16)18/h3-9,11,19H,10H2,1-2H3. The molecule has 4 heteroatoms. The van der Waals surface area contributed by atoms with Gasteiger partial charge < -0.3 is 10.1 Å². The molecular formula is C16H17BrClNO. The second kappa shape index (κ2) is 7.11. The summed E-state index contributed by atoms with van der Waals surface area (Å²) in [6.45, 7) is 5.07. The van der Waals surface area contributed by atoms with Crippen LogP contribution in [0, 0.1) is 0 Å². The third-order valence-corrected chi connectivity index (χ3v) is 3.54. The molecule has 0 unspecified atom stereocenters. The Kier molecular flexibility index (Phi) is 5.46. The minimum atomic E-state index is 0.457. The predicted molar refractivity (Wildman–Crippen MR) is 87.6 cm³/mol. The van der Waals surface area contributed by atoms with Crippen molar-refractivity contribution in [3.8, 4) is 11.5 Å². The van der Waals surface area contributed by atoms with Gasteiger partial charge >= 0.3 is 0 Å². The first kappa shape index (κ1) is 15.4. The van der Waals surface area contributed by atoms with Gasteiger partial charge in [0, 0.05) is 17.1 Å². The van der Waals surface area contributed by atoms with Gasteiger partial charge in [0.15, 0.2) is 0 Å². The van der Waals surface area contributed by atoms with Crippen molar-refractivity contribution >= 4 is 27.5 Å². The van der Waals surface area contributed by atoms with Crippen molar-refractivity contribution in [1.29, 1.82) is 0 Å². The van der Waals surface area contributed by atoms with Gasteiger partial charge in [0.2, 0.25) is 0 Å². The van der Waals surface area contributed by atoms with Crippen molar-refractivity contribution in [3.63, 3.8) is 0 Å². The van der Waals surface area contributed by atoms with E-state index in [1.807, 2.05) is 36.4 Å². The van der Waals surface area contributed by atoms with Gasteiger partial charge in [0.1, 0.15) is 11.5 Å². The fourth-order valence-electron chi connectivity index (χ4n) is 1.72. The number of nitrogens with one attached hydrogen (secondary N) is 1. The SMILES string of the molecule is CC(C)NCc1cccc(Oc2cc(Br)ccc2Cl)c1. The molecule has 0 aliphatic heterocycles. The normalized spacial score (nSPS) is 10.8. The Bertz CT molecular complexity index is 586. The van der Waals surface area contributed by atoms with Gasteiger partial charge in [-0.25, -0.2) is 0 Å². The van der Waals surface area contributed by atoms with Gasteiger partial charge in [-0.1, -0.05) is 53.5 Å². The fourth-order valence-corrected chi connectivity index (χ4v) is 2.22. The first-order valence-corrected chi connectivity index (χ1v) is 7.67. The van der Waals surface area contributed by atoms with Gasteiger partial charge in [0.25, 0.3) is 0 Å². The van der Waals surface area contributed by atoms with Crippen LogP contribution in [-0.4, -0.2) is 6.04 Å². The maximum atomic E-state index is 6.13. The molecule has 0 aliphatic carbocycles. The average Bonchev–Trinajstić information content (AvgIpc) is 2.41. The fraction of sp³-hybridized carbons (Fsp3) is 0.250. The number of benzene rings is 2. The highest BCUT2D eigenvalue weighted by atomic mass is 79.9. The van der Waals surface area contributed by atoms with E-state index in [2.05, 4.69) is 41.2 Å². The van der Waals surface area contributed by atoms with Crippen molar-refractivity contribution in [2.45, 2.75) is 26.4 Å². The Morgan fingerprint density at radius 3 is 2.75 bits per heavy atom. The van der Waals surface area contributed by atoms with Crippen molar-refractivity contribution in [2.75, 3.05) is 0 Å². The van der Waals surface area contributed by atoms with Crippen LogP contribution in [0.4, 0.5) is 0 Å². The van der Waals surface area contributed by atoms with E-state index in [0.717, 1.165) is 16.8 Å². The molecule has 2 nitrogen and oxygen atoms in total. The summed E-state index contributed by atoms with van der Waals surface area (Å²) in [6, 6.07) is 14.0. The highest BCUT2D eigenvalue weighted by molar-refractivity contribution is 9.10. The second-order valence-corrected chi connectivity index (χ2v) is 6.18. The molecule has 0 amide bonds. The number of hydrogen-bond donors (Lipinski definition) is 1. The molecule has 0 heterocycles. The first-order chi connectivity index (χ1) is 9.54. The lowest BCUT2D eigenvalue weighted by atomic mass is 10.2. The van der Waals surface area contributed by atoms with Crippen LogP contribution in [-0.2, 0) is 6.54 Å². The number of ether oxygens (including phenoxy) is 1. The van der Waals surface area contributed by atoms with E-state index in [4.69, 9.17) is 16.3 Å². The van der Waals surface area contributed by atoms with Gasteiger partial charge in [-0.2, -0.15) is 0 Å². The van der Waals surface area contributed by atoms with Gasteiger partial charge in [0.05, 0.1) is 5.02 Å². The summed E-state index contributed by atoms with van der Waals surface area (Å²) in [5.41, 5.74) is 1.18. The highest BCUT2D eigenvalue weighted by Gasteiger charge is 2.05. The summed E-state index contributed by atoms with van der Waals surface area (Å²) in [5.74, 6) is 1.43. The highest BCUT2D eigenvalue weighted by Crippen LogP contribution is 2.32. The summed E-state index contributed by atoms with van der Waals surface area (Å²) in [5, 5.41) is 3.98. The van der Waals surface area contributed by atoms with Crippen molar-refractivity contribution in [2.24, 2.45) is 0 Å². The van der Waals surface area contributed by atoms with Crippen LogP contribution in [0.2, 0.25) is 5.02 Å². The molecule has 0 radical (unpaired) electrons. The topological polar surface area (TPSA) is 21.3 Å². The van der Waals surface area contributed by atoms with Crippen LogP contribution in [0.5, 0.6) is 11.5 Å². The molecule has 0 aromatic heterocycles. The Morgan fingerprint density at radius 1 is 1.20 bits per heavy atom. The quantitative estimate of drug-likeness (QED) is 0.777. The zero-order valence-electron chi connectivity index (χ0n) is 11.5. The summed E-state index contributed by atoms with van der Waals surface area (Å²) in [7, 11) is 0. The molecule has 0 saturated heterocycles. The molecule has 0 atom stereocenters. The van der Waals surface area contributed by atoms with E-state index >= 15 is 0 Å². The summed E-state index contributed by atoms with van der Waals surface area (Å²) >= 11 is 9.55. The van der Waals surface area contributed by atoms with E-state index in [1.54, 1.807) is 0 Å². The van der Waals surface area contributed by atoms with Crippen molar-refractivity contribution < 1.29 is 4.74 Å². The van der Waals surface area contributed by atoms with E-state index in [-0.39, 0.29) is 0 Å². The Morgan fingerprint density at radius 2 is 2.00 bits per heavy atom. The lowest BCUT2D eigenvalue weighted by molar-refractivity contribution is 0.481.